The van der Waals surface area contributed by atoms with E-state index >= 15 is 0 Å². The zero-order valence-corrected chi connectivity index (χ0v) is 16.9. The largest absolute Gasteiger partial charge is 0.481 e. The fourth-order valence-electron chi connectivity index (χ4n) is 3.73. The number of fused-ring (bicyclic) bond motifs is 1. The lowest BCUT2D eigenvalue weighted by Gasteiger charge is -2.22. The predicted molar refractivity (Wildman–Crippen MR) is 118 cm³/mol. The van der Waals surface area contributed by atoms with Crippen LogP contribution in [0.15, 0.2) is 60.7 Å². The summed E-state index contributed by atoms with van der Waals surface area (Å²) in [6, 6.07) is 19.6. The number of nitrogens with zero attached hydrogens (tertiary/aromatic N) is 3. The molecule has 0 N–H and O–H groups in total. The van der Waals surface area contributed by atoms with Gasteiger partial charge in [-0.1, -0.05) is 43.2 Å². The molecule has 0 atom stereocenters. The Morgan fingerprint density at radius 2 is 1.72 bits per heavy atom. The molecule has 0 unspecified atom stereocenters. The van der Waals surface area contributed by atoms with Crippen molar-refractivity contribution in [2.45, 2.75) is 25.7 Å². The van der Waals surface area contributed by atoms with Crippen molar-refractivity contribution in [3.8, 4) is 5.75 Å². The van der Waals surface area contributed by atoms with Gasteiger partial charge in [0.15, 0.2) is 6.61 Å². The lowest BCUT2D eigenvalue weighted by Crippen LogP contribution is -2.31. The van der Waals surface area contributed by atoms with Crippen LogP contribution in [0.3, 0.4) is 0 Å². The molecule has 2 aromatic carbocycles. The van der Waals surface area contributed by atoms with Gasteiger partial charge in [-0.15, -0.1) is 0 Å². The maximum absolute atomic E-state index is 12.6. The molecule has 1 fully saturated rings. The minimum absolute atomic E-state index is 0.0276. The Hall–Kier alpha value is -3.08. The second-order valence-corrected chi connectivity index (χ2v) is 7.48. The number of likely N-dealkylation sites (N-methyl/N-ethyl adjacent to an activating group) is 1. The zero-order valence-electron chi connectivity index (χ0n) is 16.9. The third-order valence-electron chi connectivity index (χ3n) is 5.47. The van der Waals surface area contributed by atoms with Crippen molar-refractivity contribution in [3.05, 3.63) is 60.7 Å². The van der Waals surface area contributed by atoms with Crippen LogP contribution in [0.4, 0.5) is 11.5 Å². The molecule has 0 saturated carbocycles. The molecule has 150 valence electrons. The van der Waals surface area contributed by atoms with Gasteiger partial charge in [-0.25, -0.2) is 4.98 Å². The molecule has 2 heterocycles. The van der Waals surface area contributed by atoms with E-state index in [0.717, 1.165) is 35.5 Å². The molecule has 3 aromatic rings. The molecule has 29 heavy (non-hydrogen) atoms. The second-order valence-electron chi connectivity index (χ2n) is 7.48. The van der Waals surface area contributed by atoms with E-state index in [9.17, 15) is 4.79 Å². The van der Waals surface area contributed by atoms with E-state index in [2.05, 4.69) is 17.0 Å². The first-order chi connectivity index (χ1) is 14.2. The van der Waals surface area contributed by atoms with E-state index < -0.39 is 0 Å². The molecule has 5 heteroatoms. The fourth-order valence-corrected chi connectivity index (χ4v) is 3.73. The van der Waals surface area contributed by atoms with Crippen molar-refractivity contribution >= 4 is 28.3 Å². The molecule has 1 amide bonds. The van der Waals surface area contributed by atoms with E-state index in [-0.39, 0.29) is 12.5 Å². The Bertz CT molecular complexity index is 966. The Labute approximate surface area is 171 Å². The van der Waals surface area contributed by atoms with Gasteiger partial charge < -0.3 is 14.5 Å². The average Bonchev–Trinajstić information content (AvgIpc) is 3.07. The number of pyridine rings is 1. The fraction of sp³-hybridized carbons (Fsp3) is 0.333. The standard InChI is InChI=1S/C24H27N3O2/c1-26(20-11-5-4-6-12-20)23(28)18-29-21-13-9-10-19-14-15-22(25-24(19)21)27-16-7-2-3-8-17-27/h4-6,9-15H,2-3,7-8,16-18H2,1H3. The number of ether oxygens (including phenoxy) is 1. The molecule has 5 nitrogen and oxygen atoms in total. The number of hydrogen-bond acceptors (Lipinski definition) is 4. The highest BCUT2D eigenvalue weighted by Crippen LogP contribution is 2.27. The van der Waals surface area contributed by atoms with Crippen LogP contribution in [0, 0.1) is 0 Å². The van der Waals surface area contributed by atoms with E-state index in [1.807, 2.05) is 48.5 Å². The molecular weight excluding hydrogens is 362 g/mol. The Morgan fingerprint density at radius 3 is 2.48 bits per heavy atom. The summed E-state index contributed by atoms with van der Waals surface area (Å²) < 4.78 is 5.92. The van der Waals surface area contributed by atoms with Crippen molar-refractivity contribution in [2.24, 2.45) is 0 Å². The van der Waals surface area contributed by atoms with Gasteiger partial charge in [0, 0.05) is 31.2 Å². The molecule has 1 saturated heterocycles. The summed E-state index contributed by atoms with van der Waals surface area (Å²) in [5.41, 5.74) is 1.66. The smallest absolute Gasteiger partial charge is 0.264 e. The maximum atomic E-state index is 12.6. The third-order valence-corrected chi connectivity index (χ3v) is 5.47. The van der Waals surface area contributed by atoms with E-state index in [0.29, 0.717) is 5.75 Å². The number of carbonyl (C=O) groups is 1. The van der Waals surface area contributed by atoms with Gasteiger partial charge in [0.2, 0.25) is 0 Å². The summed E-state index contributed by atoms with van der Waals surface area (Å²) >= 11 is 0. The summed E-state index contributed by atoms with van der Waals surface area (Å²) in [6.07, 6.45) is 4.99. The van der Waals surface area contributed by atoms with Gasteiger partial charge in [-0.3, -0.25) is 4.79 Å². The van der Waals surface area contributed by atoms with Crippen LogP contribution in [0.2, 0.25) is 0 Å². The topological polar surface area (TPSA) is 45.7 Å². The minimum Gasteiger partial charge on any atom is -0.481 e. The molecule has 0 bridgehead atoms. The van der Waals surface area contributed by atoms with Crippen LogP contribution in [0.5, 0.6) is 5.75 Å². The first-order valence-corrected chi connectivity index (χ1v) is 10.3. The summed E-state index contributed by atoms with van der Waals surface area (Å²) in [7, 11) is 1.76. The number of carbonyl (C=O) groups excluding carboxylic acids is 1. The summed E-state index contributed by atoms with van der Waals surface area (Å²) in [6.45, 7) is 2.06. The number of rotatable bonds is 5. The first-order valence-electron chi connectivity index (χ1n) is 10.3. The van der Waals surface area contributed by atoms with Gasteiger partial charge >= 0.3 is 0 Å². The highest BCUT2D eigenvalue weighted by molar-refractivity contribution is 5.94. The van der Waals surface area contributed by atoms with E-state index in [1.54, 1.807) is 11.9 Å². The molecule has 0 aliphatic carbocycles. The van der Waals surface area contributed by atoms with Crippen LogP contribution < -0.4 is 14.5 Å². The number of para-hydroxylation sites is 2. The number of amides is 1. The SMILES string of the molecule is CN(C(=O)COc1cccc2ccc(N3CCCCCC3)nc12)c1ccccc1. The van der Waals surface area contributed by atoms with Crippen molar-refractivity contribution in [1.82, 2.24) is 4.98 Å². The Morgan fingerprint density at radius 1 is 0.966 bits per heavy atom. The van der Waals surface area contributed by atoms with Crippen LogP contribution in [-0.2, 0) is 4.79 Å². The Kier molecular flexibility index (Phi) is 5.94. The Balaban J connectivity index is 1.52. The molecule has 1 aliphatic heterocycles. The number of anilines is 2. The normalized spacial score (nSPS) is 14.4. The highest BCUT2D eigenvalue weighted by atomic mass is 16.5. The number of hydrogen-bond donors (Lipinski definition) is 0. The quantitative estimate of drug-likeness (QED) is 0.637. The minimum atomic E-state index is -0.100. The van der Waals surface area contributed by atoms with E-state index in [1.165, 1.54) is 25.7 Å². The third kappa shape index (κ3) is 4.50. The van der Waals surface area contributed by atoms with Gasteiger partial charge in [-0.05, 0) is 43.2 Å². The summed E-state index contributed by atoms with van der Waals surface area (Å²) in [5.74, 6) is 1.54. The van der Waals surface area contributed by atoms with Crippen molar-refractivity contribution < 1.29 is 9.53 Å². The van der Waals surface area contributed by atoms with E-state index in [4.69, 9.17) is 9.72 Å². The highest BCUT2D eigenvalue weighted by Gasteiger charge is 2.15. The van der Waals surface area contributed by atoms with Crippen LogP contribution in [-0.4, -0.2) is 37.6 Å². The molecule has 0 radical (unpaired) electrons. The average molecular weight is 389 g/mol. The van der Waals surface area contributed by atoms with Crippen molar-refractivity contribution in [3.63, 3.8) is 0 Å². The zero-order chi connectivity index (χ0) is 20.1. The summed E-state index contributed by atoms with van der Waals surface area (Å²) in [5, 5.41) is 1.02. The molecule has 4 rings (SSSR count). The number of benzene rings is 2. The second kappa shape index (κ2) is 8.95. The van der Waals surface area contributed by atoms with Gasteiger partial charge in [0.25, 0.3) is 5.91 Å². The van der Waals surface area contributed by atoms with Crippen LogP contribution in [0.1, 0.15) is 25.7 Å². The van der Waals surface area contributed by atoms with Gasteiger partial charge in [0.1, 0.15) is 17.1 Å². The maximum Gasteiger partial charge on any atom is 0.264 e. The molecule has 0 spiro atoms. The van der Waals surface area contributed by atoms with Crippen LogP contribution in [0.25, 0.3) is 10.9 Å². The first kappa shape index (κ1) is 19.2. The molecule has 1 aliphatic rings. The van der Waals surface area contributed by atoms with Gasteiger partial charge in [-0.2, -0.15) is 0 Å². The molecule has 1 aromatic heterocycles. The predicted octanol–water partition coefficient (Wildman–Crippen LogP) is 4.66. The molecular formula is C24H27N3O2. The summed E-state index contributed by atoms with van der Waals surface area (Å²) in [4.78, 5) is 21.4. The lowest BCUT2D eigenvalue weighted by atomic mass is 10.2. The van der Waals surface area contributed by atoms with Gasteiger partial charge in [0.05, 0.1) is 0 Å². The lowest BCUT2D eigenvalue weighted by molar-refractivity contribution is -0.120. The van der Waals surface area contributed by atoms with Crippen LogP contribution >= 0.6 is 0 Å². The van der Waals surface area contributed by atoms with Crippen molar-refractivity contribution in [2.75, 3.05) is 36.5 Å². The monoisotopic (exact) mass is 389 g/mol. The van der Waals surface area contributed by atoms with Crippen molar-refractivity contribution in [1.29, 1.82) is 0 Å². The number of aromatic nitrogens is 1.